The van der Waals surface area contributed by atoms with E-state index in [1.165, 1.54) is 0 Å². The van der Waals surface area contributed by atoms with Gasteiger partial charge >= 0.3 is 0 Å². The normalized spacial score (nSPS) is 11.3. The second kappa shape index (κ2) is 5.12. The number of aromatic nitrogens is 4. The number of hydrogen-bond donors (Lipinski definition) is 1. The zero-order valence-electron chi connectivity index (χ0n) is 10.6. The number of rotatable bonds is 5. The summed E-state index contributed by atoms with van der Waals surface area (Å²) in [7, 11) is 0. The van der Waals surface area contributed by atoms with Crippen LogP contribution in [-0.4, -0.2) is 26.3 Å². The van der Waals surface area contributed by atoms with E-state index >= 15 is 0 Å². The van der Waals surface area contributed by atoms with E-state index in [1.54, 1.807) is 6.33 Å². The lowest BCUT2D eigenvalue weighted by Crippen LogP contribution is -2.09. The van der Waals surface area contributed by atoms with Gasteiger partial charge in [0.15, 0.2) is 5.65 Å². The number of anilines is 1. The van der Waals surface area contributed by atoms with Crippen molar-refractivity contribution in [3.8, 4) is 0 Å². The molecule has 0 aromatic carbocycles. The molecule has 2 rings (SSSR count). The number of nitrogens with zero attached hydrogens (tertiary/aromatic N) is 4. The predicted octanol–water partition coefficient (Wildman–Crippen LogP) is 2.62. The molecule has 17 heavy (non-hydrogen) atoms. The van der Waals surface area contributed by atoms with Gasteiger partial charge in [-0.05, 0) is 19.8 Å². The predicted molar refractivity (Wildman–Crippen MR) is 69.1 cm³/mol. The topological polar surface area (TPSA) is 55.6 Å². The highest BCUT2D eigenvalue weighted by molar-refractivity contribution is 5.86. The van der Waals surface area contributed by atoms with Crippen LogP contribution in [-0.2, 0) is 0 Å². The van der Waals surface area contributed by atoms with Gasteiger partial charge in [-0.2, -0.15) is 5.10 Å². The average Bonchev–Trinajstić information content (AvgIpc) is 2.77. The summed E-state index contributed by atoms with van der Waals surface area (Å²) in [5, 5.41) is 8.69. The van der Waals surface area contributed by atoms with E-state index in [0.717, 1.165) is 36.2 Å². The van der Waals surface area contributed by atoms with Crippen LogP contribution in [0.1, 0.15) is 39.7 Å². The number of hydrogen-bond acceptors (Lipinski definition) is 4. The molecule has 0 spiro atoms. The van der Waals surface area contributed by atoms with Gasteiger partial charge in [0.1, 0.15) is 12.1 Å². The van der Waals surface area contributed by atoms with Gasteiger partial charge in [-0.3, -0.25) is 0 Å². The molecule has 0 fully saturated rings. The molecule has 0 aliphatic carbocycles. The molecule has 0 unspecified atom stereocenters. The third-order valence-corrected chi connectivity index (χ3v) is 3.02. The van der Waals surface area contributed by atoms with Gasteiger partial charge in [0.05, 0.1) is 17.6 Å². The highest BCUT2D eigenvalue weighted by Gasteiger charge is 2.14. The maximum Gasteiger partial charge on any atom is 0.163 e. The molecule has 0 amide bonds. The van der Waals surface area contributed by atoms with Crippen molar-refractivity contribution in [1.82, 2.24) is 19.7 Å². The fraction of sp³-hybridized carbons (Fsp3) is 0.583. The van der Waals surface area contributed by atoms with Crippen LogP contribution in [0, 0.1) is 0 Å². The summed E-state index contributed by atoms with van der Waals surface area (Å²) in [6, 6.07) is 0.414. The quantitative estimate of drug-likeness (QED) is 0.862. The monoisotopic (exact) mass is 233 g/mol. The van der Waals surface area contributed by atoms with E-state index in [-0.39, 0.29) is 0 Å². The van der Waals surface area contributed by atoms with Crippen molar-refractivity contribution >= 4 is 16.9 Å². The molecule has 2 aromatic rings. The first kappa shape index (κ1) is 11.8. The van der Waals surface area contributed by atoms with E-state index in [4.69, 9.17) is 0 Å². The zero-order valence-corrected chi connectivity index (χ0v) is 10.6. The Morgan fingerprint density at radius 1 is 1.24 bits per heavy atom. The molecule has 0 saturated carbocycles. The molecular weight excluding hydrogens is 214 g/mol. The second-order valence-corrected chi connectivity index (χ2v) is 4.05. The minimum absolute atomic E-state index is 0.414. The van der Waals surface area contributed by atoms with E-state index in [1.807, 2.05) is 10.9 Å². The maximum absolute atomic E-state index is 4.45. The van der Waals surface area contributed by atoms with Gasteiger partial charge in [-0.25, -0.2) is 14.6 Å². The molecule has 0 bridgehead atoms. The standard InChI is InChI=1S/C12H19N5/c1-4-9(5-2)17-12-10(7-16-17)11(13-6-3)14-8-15-12/h7-9H,4-6H2,1-3H3,(H,13,14,15). The average molecular weight is 233 g/mol. The molecule has 0 atom stereocenters. The Kier molecular flexibility index (Phi) is 3.56. The highest BCUT2D eigenvalue weighted by Crippen LogP contribution is 2.23. The van der Waals surface area contributed by atoms with Gasteiger partial charge in [0.2, 0.25) is 0 Å². The van der Waals surface area contributed by atoms with Crippen molar-refractivity contribution in [1.29, 1.82) is 0 Å². The summed E-state index contributed by atoms with van der Waals surface area (Å²) in [5.41, 5.74) is 0.921. The van der Waals surface area contributed by atoms with Crippen molar-refractivity contribution < 1.29 is 0 Å². The lowest BCUT2D eigenvalue weighted by Gasteiger charge is -2.13. The van der Waals surface area contributed by atoms with Crippen LogP contribution in [0.5, 0.6) is 0 Å². The Hall–Kier alpha value is -1.65. The van der Waals surface area contributed by atoms with Crippen LogP contribution >= 0.6 is 0 Å². The number of fused-ring (bicyclic) bond motifs is 1. The summed E-state index contributed by atoms with van der Waals surface area (Å²) < 4.78 is 2.01. The van der Waals surface area contributed by atoms with Crippen molar-refractivity contribution in [2.45, 2.75) is 39.7 Å². The SMILES string of the molecule is CCNc1ncnc2c1cnn2C(CC)CC. The van der Waals surface area contributed by atoms with E-state index < -0.39 is 0 Å². The fourth-order valence-electron chi connectivity index (χ4n) is 2.07. The van der Waals surface area contributed by atoms with E-state index in [9.17, 15) is 0 Å². The first-order valence-corrected chi connectivity index (χ1v) is 6.23. The van der Waals surface area contributed by atoms with Gasteiger partial charge in [-0.1, -0.05) is 13.8 Å². The Bertz CT molecular complexity index is 487. The molecule has 0 radical (unpaired) electrons. The molecule has 5 nitrogen and oxygen atoms in total. The third kappa shape index (κ3) is 2.09. The zero-order chi connectivity index (χ0) is 12.3. The smallest absolute Gasteiger partial charge is 0.163 e. The van der Waals surface area contributed by atoms with E-state index in [2.05, 4.69) is 41.2 Å². The molecule has 2 heterocycles. The first-order chi connectivity index (χ1) is 8.31. The van der Waals surface area contributed by atoms with Crippen molar-refractivity contribution in [2.24, 2.45) is 0 Å². The molecule has 0 saturated heterocycles. The van der Waals surface area contributed by atoms with Gasteiger partial charge in [0, 0.05) is 6.54 Å². The summed E-state index contributed by atoms with van der Waals surface area (Å²) in [4.78, 5) is 8.60. The van der Waals surface area contributed by atoms with Crippen LogP contribution < -0.4 is 5.32 Å². The Balaban J connectivity index is 2.50. The first-order valence-electron chi connectivity index (χ1n) is 6.23. The van der Waals surface area contributed by atoms with Crippen molar-refractivity contribution in [3.05, 3.63) is 12.5 Å². The van der Waals surface area contributed by atoms with Crippen molar-refractivity contribution in [2.75, 3.05) is 11.9 Å². The Morgan fingerprint density at radius 3 is 2.65 bits per heavy atom. The summed E-state index contributed by atoms with van der Waals surface area (Å²) in [6.07, 6.45) is 5.58. The highest BCUT2D eigenvalue weighted by atomic mass is 15.3. The summed E-state index contributed by atoms with van der Waals surface area (Å²) in [6.45, 7) is 7.25. The molecule has 5 heteroatoms. The van der Waals surface area contributed by atoms with Crippen molar-refractivity contribution in [3.63, 3.8) is 0 Å². The largest absolute Gasteiger partial charge is 0.370 e. The van der Waals surface area contributed by atoms with Crippen LogP contribution in [0.3, 0.4) is 0 Å². The minimum Gasteiger partial charge on any atom is -0.370 e. The lowest BCUT2D eigenvalue weighted by atomic mass is 10.2. The van der Waals surface area contributed by atoms with E-state index in [0.29, 0.717) is 6.04 Å². The molecule has 1 N–H and O–H groups in total. The molecule has 2 aromatic heterocycles. The third-order valence-electron chi connectivity index (χ3n) is 3.02. The van der Waals surface area contributed by atoms with Gasteiger partial charge < -0.3 is 5.32 Å². The van der Waals surface area contributed by atoms with Crippen LogP contribution in [0.4, 0.5) is 5.82 Å². The molecule has 92 valence electrons. The minimum atomic E-state index is 0.414. The lowest BCUT2D eigenvalue weighted by molar-refractivity contribution is 0.438. The molecule has 0 aliphatic heterocycles. The summed E-state index contributed by atoms with van der Waals surface area (Å²) in [5.74, 6) is 0.870. The van der Waals surface area contributed by atoms with Crippen LogP contribution in [0.15, 0.2) is 12.5 Å². The number of nitrogens with one attached hydrogen (secondary N) is 1. The van der Waals surface area contributed by atoms with Crippen LogP contribution in [0.25, 0.3) is 11.0 Å². The van der Waals surface area contributed by atoms with Crippen LogP contribution in [0.2, 0.25) is 0 Å². The second-order valence-electron chi connectivity index (χ2n) is 4.05. The maximum atomic E-state index is 4.45. The Labute approximate surface area is 101 Å². The van der Waals surface area contributed by atoms with Gasteiger partial charge in [0.25, 0.3) is 0 Å². The fourth-order valence-corrected chi connectivity index (χ4v) is 2.07. The summed E-state index contributed by atoms with van der Waals surface area (Å²) >= 11 is 0. The van der Waals surface area contributed by atoms with Gasteiger partial charge in [-0.15, -0.1) is 0 Å². The Morgan fingerprint density at radius 2 is 2.00 bits per heavy atom. The molecular formula is C12H19N5. The molecule has 0 aliphatic rings.